The molecule has 0 aliphatic heterocycles. The summed E-state index contributed by atoms with van der Waals surface area (Å²) in [6.07, 6.45) is 1.67. The first kappa shape index (κ1) is 23.7. The number of nitrogens with one attached hydrogen (secondary N) is 2. The maximum Gasteiger partial charge on any atom is 0.247 e. The minimum atomic E-state index is -0.554. The Morgan fingerprint density at radius 2 is 1.71 bits per heavy atom. The molecule has 0 fully saturated rings. The van der Waals surface area contributed by atoms with Gasteiger partial charge in [-0.15, -0.1) is 0 Å². The van der Waals surface area contributed by atoms with Gasteiger partial charge in [-0.1, -0.05) is 49.4 Å². The molecule has 0 saturated heterocycles. The van der Waals surface area contributed by atoms with E-state index in [0.717, 1.165) is 28.1 Å². The van der Waals surface area contributed by atoms with Gasteiger partial charge >= 0.3 is 0 Å². The fourth-order valence-electron chi connectivity index (χ4n) is 3.68. The first-order chi connectivity index (χ1) is 17.0. The minimum Gasteiger partial charge on any atom is -0.309 e. The Hall–Kier alpha value is -4.41. The van der Waals surface area contributed by atoms with E-state index in [4.69, 9.17) is 5.26 Å². The number of anilines is 1. The van der Waals surface area contributed by atoms with E-state index in [9.17, 15) is 4.79 Å². The van der Waals surface area contributed by atoms with Crippen LogP contribution in [-0.4, -0.2) is 27.6 Å². The van der Waals surface area contributed by atoms with Crippen LogP contribution < -0.4 is 10.6 Å². The van der Waals surface area contributed by atoms with Crippen molar-refractivity contribution in [3.63, 3.8) is 0 Å². The highest BCUT2D eigenvalue weighted by atomic mass is 16.2. The van der Waals surface area contributed by atoms with E-state index in [1.54, 1.807) is 12.3 Å². The molecule has 1 unspecified atom stereocenters. The summed E-state index contributed by atoms with van der Waals surface area (Å²) in [6, 6.07) is 26.1. The molecule has 2 atom stereocenters. The van der Waals surface area contributed by atoms with Crippen molar-refractivity contribution in [3.05, 3.63) is 107 Å². The van der Waals surface area contributed by atoms with Crippen LogP contribution in [0.3, 0.4) is 0 Å². The summed E-state index contributed by atoms with van der Waals surface area (Å²) in [6.45, 7) is 4.55. The number of carbonyl (C=O) groups is 1. The summed E-state index contributed by atoms with van der Waals surface area (Å²) in [5.41, 5.74) is 4.98. The molecule has 4 rings (SSSR count). The fourth-order valence-corrected chi connectivity index (χ4v) is 3.68. The second-order valence-electron chi connectivity index (χ2n) is 8.37. The van der Waals surface area contributed by atoms with E-state index >= 15 is 0 Å². The van der Waals surface area contributed by atoms with Gasteiger partial charge < -0.3 is 10.6 Å². The van der Waals surface area contributed by atoms with Gasteiger partial charge in [0.15, 0.2) is 0 Å². The molecule has 0 aliphatic carbocycles. The van der Waals surface area contributed by atoms with Crippen molar-refractivity contribution in [2.75, 3.05) is 11.9 Å². The lowest BCUT2D eigenvalue weighted by Gasteiger charge is -2.21. The fraction of sp³-hybridized carbons (Fsp3) is 0.179. The van der Waals surface area contributed by atoms with Gasteiger partial charge in [0, 0.05) is 18.3 Å². The van der Waals surface area contributed by atoms with Crippen molar-refractivity contribution in [3.8, 4) is 17.3 Å². The zero-order valence-electron chi connectivity index (χ0n) is 19.6. The number of pyridine rings is 1. The molecule has 0 saturated carbocycles. The smallest absolute Gasteiger partial charge is 0.247 e. The van der Waals surface area contributed by atoms with E-state index < -0.39 is 6.04 Å². The number of aryl methyl sites for hydroxylation is 1. The lowest BCUT2D eigenvalue weighted by atomic mass is 9.98. The zero-order chi connectivity index (χ0) is 24.6. The molecule has 2 N–H and O–H groups in total. The van der Waals surface area contributed by atoms with E-state index in [2.05, 4.69) is 38.8 Å². The number of rotatable bonds is 8. The van der Waals surface area contributed by atoms with Crippen molar-refractivity contribution in [2.45, 2.75) is 25.8 Å². The molecule has 0 bridgehead atoms. The summed E-state index contributed by atoms with van der Waals surface area (Å²) < 4.78 is 0. The minimum absolute atomic E-state index is 0.148. The second kappa shape index (κ2) is 11.1. The molecule has 0 radical (unpaired) electrons. The summed E-state index contributed by atoms with van der Waals surface area (Å²) >= 11 is 0. The van der Waals surface area contributed by atoms with Gasteiger partial charge in [-0.25, -0.2) is 4.98 Å². The maximum atomic E-state index is 13.3. The van der Waals surface area contributed by atoms with Gasteiger partial charge in [0.05, 0.1) is 23.0 Å². The van der Waals surface area contributed by atoms with Crippen LogP contribution >= 0.6 is 0 Å². The number of hydrogen-bond donors (Lipinski definition) is 2. The normalized spacial score (nSPS) is 12.4. The Kier molecular flexibility index (Phi) is 7.56. The Morgan fingerprint density at radius 1 is 0.943 bits per heavy atom. The predicted octanol–water partition coefficient (Wildman–Crippen LogP) is 4.79. The molecule has 2 aromatic carbocycles. The molecule has 4 aromatic rings. The van der Waals surface area contributed by atoms with Crippen LogP contribution in [0.15, 0.2) is 85.1 Å². The number of aromatic nitrogens is 3. The van der Waals surface area contributed by atoms with Crippen molar-refractivity contribution >= 4 is 11.7 Å². The summed E-state index contributed by atoms with van der Waals surface area (Å²) in [5, 5.41) is 23.6. The molecule has 7 heteroatoms. The van der Waals surface area contributed by atoms with Crippen LogP contribution in [0.25, 0.3) is 11.3 Å². The van der Waals surface area contributed by atoms with Crippen LogP contribution in [0.4, 0.5) is 5.82 Å². The third-order valence-electron chi connectivity index (χ3n) is 5.74. The Bertz CT molecular complexity index is 1300. The van der Waals surface area contributed by atoms with E-state index in [1.807, 2.05) is 79.7 Å². The first-order valence-corrected chi connectivity index (χ1v) is 11.4. The van der Waals surface area contributed by atoms with Crippen molar-refractivity contribution in [1.29, 1.82) is 5.26 Å². The van der Waals surface area contributed by atoms with Gasteiger partial charge in [-0.05, 0) is 60.4 Å². The topological polar surface area (TPSA) is 104 Å². The standard InChI is InChI=1S/C28H26N6O/c1-19(22-11-9-21(16-29)10-12-22)17-31-27(23-6-4-3-5-7-23)28(35)32-26-15-13-24(18-30-26)25-14-8-20(2)33-34-25/h3-15,18-19,27,31H,17H2,1-2H3,(H,30,32,35)/t19?,27-/m0/s1. The molecule has 2 heterocycles. The Morgan fingerprint density at radius 3 is 2.34 bits per heavy atom. The van der Waals surface area contributed by atoms with Gasteiger partial charge in [0.1, 0.15) is 11.9 Å². The van der Waals surface area contributed by atoms with Crippen molar-refractivity contribution in [2.24, 2.45) is 0 Å². The number of carbonyl (C=O) groups excluding carboxylic acids is 1. The number of benzene rings is 2. The third-order valence-corrected chi connectivity index (χ3v) is 5.74. The van der Waals surface area contributed by atoms with Crippen molar-refractivity contribution < 1.29 is 4.79 Å². The molecule has 2 aromatic heterocycles. The van der Waals surface area contributed by atoms with E-state index in [1.165, 1.54) is 0 Å². The summed E-state index contributed by atoms with van der Waals surface area (Å²) in [5.74, 6) is 0.412. The average Bonchev–Trinajstić information content (AvgIpc) is 2.90. The van der Waals surface area contributed by atoms with Crippen LogP contribution in [-0.2, 0) is 4.79 Å². The Labute approximate surface area is 204 Å². The molecule has 35 heavy (non-hydrogen) atoms. The monoisotopic (exact) mass is 462 g/mol. The third kappa shape index (κ3) is 6.14. The Balaban J connectivity index is 1.46. The molecular weight excluding hydrogens is 436 g/mol. The SMILES string of the molecule is Cc1ccc(-c2ccc(NC(=O)[C@@H](NCC(C)c3ccc(C#N)cc3)c3ccccc3)nc2)nn1. The highest BCUT2D eigenvalue weighted by Gasteiger charge is 2.21. The van der Waals surface area contributed by atoms with Crippen LogP contribution in [0.5, 0.6) is 0 Å². The largest absolute Gasteiger partial charge is 0.309 e. The van der Waals surface area contributed by atoms with Gasteiger partial charge in [0.2, 0.25) is 5.91 Å². The average molecular weight is 463 g/mol. The number of nitrogens with zero attached hydrogens (tertiary/aromatic N) is 4. The maximum absolute atomic E-state index is 13.3. The number of amides is 1. The van der Waals surface area contributed by atoms with E-state index in [-0.39, 0.29) is 11.8 Å². The predicted molar refractivity (Wildman–Crippen MR) is 135 cm³/mol. The van der Waals surface area contributed by atoms with Gasteiger partial charge in [0.25, 0.3) is 0 Å². The lowest BCUT2D eigenvalue weighted by molar-refractivity contribution is -0.118. The van der Waals surface area contributed by atoms with Crippen LogP contribution in [0.1, 0.15) is 41.3 Å². The molecule has 1 amide bonds. The summed E-state index contributed by atoms with van der Waals surface area (Å²) in [4.78, 5) is 17.7. The highest BCUT2D eigenvalue weighted by molar-refractivity contribution is 5.94. The van der Waals surface area contributed by atoms with Crippen LogP contribution in [0.2, 0.25) is 0 Å². The number of hydrogen-bond acceptors (Lipinski definition) is 6. The van der Waals surface area contributed by atoms with E-state index in [0.29, 0.717) is 17.9 Å². The summed E-state index contributed by atoms with van der Waals surface area (Å²) in [7, 11) is 0. The second-order valence-corrected chi connectivity index (χ2v) is 8.37. The molecule has 7 nitrogen and oxygen atoms in total. The number of nitriles is 1. The van der Waals surface area contributed by atoms with Crippen molar-refractivity contribution in [1.82, 2.24) is 20.5 Å². The molecule has 174 valence electrons. The quantitative estimate of drug-likeness (QED) is 0.390. The lowest BCUT2D eigenvalue weighted by Crippen LogP contribution is -2.35. The highest BCUT2D eigenvalue weighted by Crippen LogP contribution is 2.21. The zero-order valence-corrected chi connectivity index (χ0v) is 19.6. The molecular formula is C28H26N6O. The molecule has 0 aliphatic rings. The van der Waals surface area contributed by atoms with Crippen LogP contribution in [0, 0.1) is 18.3 Å². The first-order valence-electron chi connectivity index (χ1n) is 11.4. The van der Waals surface area contributed by atoms with Gasteiger partial charge in [-0.3, -0.25) is 4.79 Å². The van der Waals surface area contributed by atoms with Gasteiger partial charge in [-0.2, -0.15) is 15.5 Å². The molecule has 0 spiro atoms.